The van der Waals surface area contributed by atoms with Crippen molar-refractivity contribution in [1.82, 2.24) is 0 Å². The quantitative estimate of drug-likeness (QED) is 0.915. The number of rotatable bonds is 3. The van der Waals surface area contributed by atoms with Gasteiger partial charge in [-0.2, -0.15) is 0 Å². The maximum absolute atomic E-state index is 14.2. The van der Waals surface area contributed by atoms with Gasteiger partial charge in [-0.25, -0.2) is 4.39 Å². The van der Waals surface area contributed by atoms with Crippen LogP contribution in [0.15, 0.2) is 36.4 Å². The summed E-state index contributed by atoms with van der Waals surface area (Å²) < 4.78 is 19.2. The van der Waals surface area contributed by atoms with Gasteiger partial charge in [0.1, 0.15) is 0 Å². The van der Waals surface area contributed by atoms with Gasteiger partial charge in [-0.3, -0.25) is 0 Å². The molecule has 0 radical (unpaired) electrons. The van der Waals surface area contributed by atoms with Crippen molar-refractivity contribution in [2.45, 2.75) is 19.9 Å². The highest BCUT2D eigenvalue weighted by Gasteiger charge is 2.16. The molecule has 0 aromatic heterocycles. The summed E-state index contributed by atoms with van der Waals surface area (Å²) >= 11 is 0. The molecule has 2 rings (SSSR count). The second kappa shape index (κ2) is 5.41. The average Bonchev–Trinajstić information content (AvgIpc) is 2.41. The normalized spacial score (nSPS) is 12.3. The molecule has 0 aliphatic carbocycles. The fourth-order valence-corrected chi connectivity index (χ4v) is 2.06. The van der Waals surface area contributed by atoms with E-state index in [-0.39, 0.29) is 5.75 Å². The molecular weight excluding hydrogens is 241 g/mol. The van der Waals surface area contributed by atoms with Crippen LogP contribution < -0.4 is 10.5 Å². The molecule has 0 aliphatic heterocycles. The number of halogens is 1. The van der Waals surface area contributed by atoms with E-state index in [1.54, 1.807) is 18.2 Å². The lowest BCUT2D eigenvalue weighted by Crippen LogP contribution is -2.14. The molecular formula is C16H18FNO. The highest BCUT2D eigenvalue weighted by atomic mass is 19.1. The lowest BCUT2D eigenvalue weighted by molar-refractivity contribution is 0.383. The molecule has 3 heteroatoms. The average molecular weight is 259 g/mol. The van der Waals surface area contributed by atoms with Crippen LogP contribution in [0.2, 0.25) is 0 Å². The van der Waals surface area contributed by atoms with Crippen LogP contribution in [-0.2, 0) is 0 Å². The van der Waals surface area contributed by atoms with Gasteiger partial charge < -0.3 is 10.5 Å². The first kappa shape index (κ1) is 13.6. The van der Waals surface area contributed by atoms with Crippen molar-refractivity contribution < 1.29 is 9.13 Å². The van der Waals surface area contributed by atoms with E-state index < -0.39 is 11.9 Å². The summed E-state index contributed by atoms with van der Waals surface area (Å²) in [5.74, 6) is -0.174. The zero-order valence-corrected chi connectivity index (χ0v) is 11.4. The van der Waals surface area contributed by atoms with Crippen LogP contribution in [0.3, 0.4) is 0 Å². The van der Waals surface area contributed by atoms with Crippen molar-refractivity contribution in [2.75, 3.05) is 7.11 Å². The van der Waals surface area contributed by atoms with E-state index in [0.717, 1.165) is 11.1 Å². The van der Waals surface area contributed by atoms with Crippen LogP contribution in [0.25, 0.3) is 0 Å². The minimum atomic E-state index is -0.491. The first-order valence-corrected chi connectivity index (χ1v) is 6.19. The summed E-state index contributed by atoms with van der Waals surface area (Å²) in [5.41, 5.74) is 9.86. The van der Waals surface area contributed by atoms with Crippen LogP contribution in [0.1, 0.15) is 28.3 Å². The van der Waals surface area contributed by atoms with Crippen LogP contribution in [0.5, 0.6) is 5.75 Å². The molecule has 0 spiro atoms. The summed E-state index contributed by atoms with van der Waals surface area (Å²) in [4.78, 5) is 0. The van der Waals surface area contributed by atoms with Crippen molar-refractivity contribution in [2.24, 2.45) is 5.73 Å². The molecule has 0 heterocycles. The Bertz CT molecular complexity index is 595. The molecule has 0 amide bonds. The van der Waals surface area contributed by atoms with Gasteiger partial charge in [0, 0.05) is 5.56 Å². The Morgan fingerprint density at radius 2 is 1.84 bits per heavy atom. The number of aryl methyl sites for hydroxylation is 2. The summed E-state index contributed by atoms with van der Waals surface area (Å²) in [7, 11) is 1.45. The van der Waals surface area contributed by atoms with E-state index in [2.05, 4.69) is 0 Å². The lowest BCUT2D eigenvalue weighted by Gasteiger charge is -2.16. The molecule has 0 saturated carbocycles. The number of hydrogen-bond donors (Lipinski definition) is 1. The Morgan fingerprint density at radius 3 is 2.47 bits per heavy atom. The molecule has 2 nitrogen and oxygen atoms in total. The van der Waals surface area contributed by atoms with Crippen LogP contribution >= 0.6 is 0 Å². The third kappa shape index (κ3) is 2.61. The number of methoxy groups -OCH3 is 1. The summed E-state index contributed by atoms with van der Waals surface area (Å²) in [6, 6.07) is 10.5. The van der Waals surface area contributed by atoms with Gasteiger partial charge in [-0.05, 0) is 36.6 Å². The fourth-order valence-electron chi connectivity index (χ4n) is 2.06. The molecule has 0 saturated heterocycles. The van der Waals surface area contributed by atoms with Gasteiger partial charge in [-0.15, -0.1) is 0 Å². The molecule has 19 heavy (non-hydrogen) atoms. The van der Waals surface area contributed by atoms with Crippen LogP contribution in [-0.4, -0.2) is 7.11 Å². The van der Waals surface area contributed by atoms with Crippen molar-refractivity contribution in [1.29, 1.82) is 0 Å². The zero-order chi connectivity index (χ0) is 14.0. The number of ether oxygens (including phenoxy) is 1. The predicted molar refractivity (Wildman–Crippen MR) is 74.9 cm³/mol. The molecule has 2 aromatic carbocycles. The van der Waals surface area contributed by atoms with Crippen molar-refractivity contribution in [3.05, 3.63) is 64.5 Å². The smallest absolute Gasteiger partial charge is 0.170 e. The van der Waals surface area contributed by atoms with Gasteiger partial charge >= 0.3 is 0 Å². The molecule has 0 fully saturated rings. The third-order valence-electron chi connectivity index (χ3n) is 3.44. The van der Waals surface area contributed by atoms with Gasteiger partial charge in [0.05, 0.1) is 13.2 Å². The second-order valence-electron chi connectivity index (χ2n) is 4.68. The van der Waals surface area contributed by atoms with E-state index in [1.165, 1.54) is 12.7 Å². The highest BCUT2D eigenvalue weighted by Crippen LogP contribution is 2.28. The second-order valence-corrected chi connectivity index (χ2v) is 4.68. The Kier molecular flexibility index (Phi) is 3.86. The minimum absolute atomic E-state index is 0.219. The Labute approximate surface area is 113 Å². The predicted octanol–water partition coefficient (Wildman–Crippen LogP) is 3.50. The SMILES string of the molecule is COc1cccc(C(N)c2ccc(C)c(C)c2)c1F. The van der Waals surface area contributed by atoms with Gasteiger partial charge in [0.25, 0.3) is 0 Å². The molecule has 100 valence electrons. The highest BCUT2D eigenvalue weighted by molar-refractivity contribution is 5.40. The maximum Gasteiger partial charge on any atom is 0.170 e. The molecule has 0 bridgehead atoms. The van der Waals surface area contributed by atoms with E-state index in [0.29, 0.717) is 5.56 Å². The molecule has 1 atom stereocenters. The van der Waals surface area contributed by atoms with Gasteiger partial charge in [0.15, 0.2) is 11.6 Å². The summed E-state index contributed by atoms with van der Waals surface area (Å²) in [6.07, 6.45) is 0. The van der Waals surface area contributed by atoms with Crippen molar-refractivity contribution >= 4 is 0 Å². The monoisotopic (exact) mass is 259 g/mol. The summed E-state index contributed by atoms with van der Waals surface area (Å²) in [6.45, 7) is 4.06. The van der Waals surface area contributed by atoms with E-state index in [1.807, 2.05) is 32.0 Å². The Balaban J connectivity index is 2.43. The third-order valence-corrected chi connectivity index (χ3v) is 3.44. The Hall–Kier alpha value is -1.87. The largest absolute Gasteiger partial charge is 0.494 e. The summed E-state index contributed by atoms with van der Waals surface area (Å²) in [5, 5.41) is 0. The van der Waals surface area contributed by atoms with Crippen molar-refractivity contribution in [3.8, 4) is 5.75 Å². The van der Waals surface area contributed by atoms with E-state index in [4.69, 9.17) is 10.5 Å². The first-order chi connectivity index (χ1) is 9.04. The zero-order valence-electron chi connectivity index (χ0n) is 11.4. The standard InChI is InChI=1S/C16H18FNO/c1-10-7-8-12(9-11(10)2)16(18)13-5-4-6-14(19-3)15(13)17/h4-9,16H,18H2,1-3H3. The lowest BCUT2D eigenvalue weighted by atomic mass is 9.96. The molecule has 1 unspecified atom stereocenters. The number of nitrogens with two attached hydrogens (primary N) is 1. The molecule has 2 N–H and O–H groups in total. The fraction of sp³-hybridized carbons (Fsp3) is 0.250. The molecule has 2 aromatic rings. The van der Waals surface area contributed by atoms with Gasteiger partial charge in [-0.1, -0.05) is 30.3 Å². The van der Waals surface area contributed by atoms with E-state index in [9.17, 15) is 4.39 Å². The van der Waals surface area contributed by atoms with E-state index >= 15 is 0 Å². The van der Waals surface area contributed by atoms with Crippen LogP contribution in [0, 0.1) is 19.7 Å². The van der Waals surface area contributed by atoms with Gasteiger partial charge in [0.2, 0.25) is 0 Å². The number of benzene rings is 2. The molecule has 0 aliphatic rings. The minimum Gasteiger partial charge on any atom is -0.494 e. The van der Waals surface area contributed by atoms with Crippen LogP contribution in [0.4, 0.5) is 4.39 Å². The topological polar surface area (TPSA) is 35.2 Å². The maximum atomic E-state index is 14.2. The van der Waals surface area contributed by atoms with Crippen molar-refractivity contribution in [3.63, 3.8) is 0 Å². The Morgan fingerprint density at radius 1 is 1.11 bits per heavy atom. The number of hydrogen-bond acceptors (Lipinski definition) is 2. The first-order valence-electron chi connectivity index (χ1n) is 6.19.